The van der Waals surface area contributed by atoms with Crippen LogP contribution in [-0.2, 0) is 10.6 Å². The Kier molecular flexibility index (Phi) is 6.10. The first-order chi connectivity index (χ1) is 10.3. The van der Waals surface area contributed by atoms with Gasteiger partial charge in [0.05, 0.1) is 11.7 Å². The third-order valence-corrected chi connectivity index (χ3v) is 9.05. The van der Waals surface area contributed by atoms with E-state index in [0.29, 0.717) is 5.56 Å². The van der Waals surface area contributed by atoms with E-state index in [-0.39, 0.29) is 17.6 Å². The minimum absolute atomic E-state index is 0.0215. The molecule has 0 radical (unpaired) electrons. The summed E-state index contributed by atoms with van der Waals surface area (Å²) in [6.07, 6.45) is -4.76. The van der Waals surface area contributed by atoms with E-state index in [1.165, 1.54) is 12.1 Å². The lowest BCUT2D eigenvalue weighted by Crippen LogP contribution is -2.43. The SMILES string of the molecule is C[C@H](CO)[C@@H](O[Si](C)(C)C(C)(C)C)c1ccc(C(F)(F)F)cc1. The quantitative estimate of drug-likeness (QED) is 0.722. The van der Waals surface area contributed by atoms with Crippen LogP contribution in [0, 0.1) is 5.92 Å². The van der Waals surface area contributed by atoms with Gasteiger partial charge in [0.2, 0.25) is 0 Å². The highest BCUT2D eigenvalue weighted by Crippen LogP contribution is 2.42. The highest BCUT2D eigenvalue weighted by molar-refractivity contribution is 6.74. The summed E-state index contributed by atoms with van der Waals surface area (Å²) in [6.45, 7) is 12.3. The van der Waals surface area contributed by atoms with Gasteiger partial charge in [-0.25, -0.2) is 0 Å². The maximum absolute atomic E-state index is 12.7. The van der Waals surface area contributed by atoms with E-state index in [9.17, 15) is 18.3 Å². The Bertz CT molecular complexity index is 504. The molecule has 0 aromatic heterocycles. The predicted octanol–water partition coefficient (Wildman–Crippen LogP) is 5.40. The molecule has 0 heterocycles. The lowest BCUT2D eigenvalue weighted by atomic mass is 9.97. The van der Waals surface area contributed by atoms with Gasteiger partial charge < -0.3 is 9.53 Å². The fraction of sp³-hybridized carbons (Fsp3) is 0.647. The zero-order chi connectivity index (χ0) is 18.1. The molecule has 0 fully saturated rings. The monoisotopic (exact) mass is 348 g/mol. The van der Waals surface area contributed by atoms with Crippen molar-refractivity contribution in [2.75, 3.05) is 6.61 Å². The number of benzene rings is 1. The topological polar surface area (TPSA) is 29.5 Å². The van der Waals surface area contributed by atoms with Gasteiger partial charge in [0, 0.05) is 12.5 Å². The molecule has 1 aromatic rings. The van der Waals surface area contributed by atoms with Gasteiger partial charge in [-0.3, -0.25) is 0 Å². The van der Waals surface area contributed by atoms with Crippen LogP contribution in [0.25, 0.3) is 0 Å². The Morgan fingerprint density at radius 1 is 1.09 bits per heavy atom. The van der Waals surface area contributed by atoms with Crippen molar-refractivity contribution < 1.29 is 22.7 Å². The Balaban J connectivity index is 3.13. The van der Waals surface area contributed by atoms with Gasteiger partial charge >= 0.3 is 6.18 Å². The van der Waals surface area contributed by atoms with E-state index >= 15 is 0 Å². The third-order valence-electron chi connectivity index (χ3n) is 4.60. The van der Waals surface area contributed by atoms with Gasteiger partial charge in [-0.15, -0.1) is 0 Å². The van der Waals surface area contributed by atoms with Crippen LogP contribution in [0.1, 0.15) is 44.9 Å². The molecule has 0 unspecified atom stereocenters. The van der Waals surface area contributed by atoms with Gasteiger partial charge in [-0.05, 0) is 35.8 Å². The minimum atomic E-state index is -4.35. The lowest BCUT2D eigenvalue weighted by Gasteiger charge is -2.41. The standard InChI is InChI=1S/C17H27F3O2Si/c1-12(11-21)15(22-23(5,6)16(2,3)4)13-7-9-14(10-8-13)17(18,19)20/h7-10,12,15,21H,11H2,1-6H3/t12-,15-/m1/s1. The van der Waals surface area contributed by atoms with E-state index in [1.54, 1.807) is 0 Å². The zero-order valence-corrected chi connectivity index (χ0v) is 15.7. The van der Waals surface area contributed by atoms with Crippen LogP contribution >= 0.6 is 0 Å². The summed E-state index contributed by atoms with van der Waals surface area (Å²) in [5.41, 5.74) is -0.00615. The number of halogens is 3. The second-order valence-electron chi connectivity index (χ2n) is 7.58. The molecule has 2 nitrogen and oxygen atoms in total. The van der Waals surface area contributed by atoms with Crippen LogP contribution in [0.4, 0.5) is 13.2 Å². The number of alkyl halides is 3. The Morgan fingerprint density at radius 2 is 1.57 bits per heavy atom. The molecule has 0 spiro atoms. The smallest absolute Gasteiger partial charge is 0.410 e. The summed E-state index contributed by atoms with van der Waals surface area (Å²) < 4.78 is 44.5. The first-order valence-electron chi connectivity index (χ1n) is 7.75. The normalized spacial score (nSPS) is 16.3. The largest absolute Gasteiger partial charge is 0.416 e. The predicted molar refractivity (Wildman–Crippen MR) is 88.7 cm³/mol. The van der Waals surface area contributed by atoms with Gasteiger partial charge in [0.15, 0.2) is 8.32 Å². The average molecular weight is 348 g/mol. The molecular weight excluding hydrogens is 321 g/mol. The van der Waals surface area contributed by atoms with Crippen LogP contribution in [0.3, 0.4) is 0 Å². The summed E-state index contributed by atoms with van der Waals surface area (Å²) in [4.78, 5) is 0. The van der Waals surface area contributed by atoms with Crippen molar-refractivity contribution in [3.05, 3.63) is 35.4 Å². The van der Waals surface area contributed by atoms with E-state index in [0.717, 1.165) is 12.1 Å². The second kappa shape index (κ2) is 6.95. The molecule has 2 atom stereocenters. The van der Waals surface area contributed by atoms with E-state index < -0.39 is 26.2 Å². The Hall–Kier alpha value is -0.853. The minimum Gasteiger partial charge on any atom is -0.410 e. The Morgan fingerprint density at radius 3 is 1.91 bits per heavy atom. The Labute approximate surface area is 137 Å². The van der Waals surface area contributed by atoms with Crippen LogP contribution in [-0.4, -0.2) is 20.0 Å². The molecule has 0 aliphatic heterocycles. The summed E-state index contributed by atoms with van der Waals surface area (Å²) in [7, 11) is -2.11. The van der Waals surface area contributed by atoms with Crippen LogP contribution in [0.2, 0.25) is 18.1 Å². The molecule has 0 bridgehead atoms. The van der Waals surface area contributed by atoms with Crippen molar-refractivity contribution in [1.29, 1.82) is 0 Å². The fourth-order valence-electron chi connectivity index (χ4n) is 1.96. The number of aliphatic hydroxyl groups excluding tert-OH is 1. The van der Waals surface area contributed by atoms with Crippen LogP contribution in [0.15, 0.2) is 24.3 Å². The summed E-state index contributed by atoms with van der Waals surface area (Å²) in [6, 6.07) is 5.04. The van der Waals surface area contributed by atoms with Crippen molar-refractivity contribution >= 4 is 8.32 Å². The first-order valence-corrected chi connectivity index (χ1v) is 10.7. The summed E-state index contributed by atoms with van der Waals surface area (Å²) in [5.74, 6) is -0.194. The maximum atomic E-state index is 12.7. The summed E-state index contributed by atoms with van der Waals surface area (Å²) in [5, 5.41) is 9.48. The molecule has 23 heavy (non-hydrogen) atoms. The molecule has 0 amide bonds. The highest BCUT2D eigenvalue weighted by Gasteiger charge is 2.40. The van der Waals surface area contributed by atoms with Gasteiger partial charge in [-0.1, -0.05) is 39.8 Å². The van der Waals surface area contributed by atoms with Gasteiger partial charge in [0.1, 0.15) is 0 Å². The van der Waals surface area contributed by atoms with Crippen molar-refractivity contribution in [3.63, 3.8) is 0 Å². The van der Waals surface area contributed by atoms with E-state index in [4.69, 9.17) is 4.43 Å². The molecule has 6 heteroatoms. The molecule has 1 aromatic carbocycles. The first kappa shape index (κ1) is 20.2. The number of aliphatic hydroxyl groups is 1. The van der Waals surface area contributed by atoms with E-state index in [1.807, 2.05) is 6.92 Å². The molecule has 0 aliphatic carbocycles. The van der Waals surface area contributed by atoms with Gasteiger partial charge in [-0.2, -0.15) is 13.2 Å². The molecular formula is C17H27F3O2Si. The molecule has 0 saturated heterocycles. The fourth-order valence-corrected chi connectivity index (χ4v) is 3.32. The van der Waals surface area contributed by atoms with Crippen molar-refractivity contribution in [2.45, 2.75) is 58.1 Å². The number of hydrogen-bond acceptors (Lipinski definition) is 2. The average Bonchev–Trinajstić information content (AvgIpc) is 2.42. The molecule has 0 aliphatic rings. The van der Waals surface area contributed by atoms with Crippen molar-refractivity contribution in [1.82, 2.24) is 0 Å². The molecule has 132 valence electrons. The maximum Gasteiger partial charge on any atom is 0.416 e. The summed E-state index contributed by atoms with van der Waals surface area (Å²) >= 11 is 0. The van der Waals surface area contributed by atoms with Crippen molar-refractivity contribution in [2.24, 2.45) is 5.92 Å². The third kappa shape index (κ3) is 5.06. The van der Waals surface area contributed by atoms with Crippen molar-refractivity contribution in [3.8, 4) is 0 Å². The molecule has 1 N–H and O–H groups in total. The second-order valence-corrected chi connectivity index (χ2v) is 12.3. The number of hydrogen-bond donors (Lipinski definition) is 1. The zero-order valence-electron chi connectivity index (χ0n) is 14.7. The molecule has 1 rings (SSSR count). The van der Waals surface area contributed by atoms with Crippen LogP contribution < -0.4 is 0 Å². The number of rotatable bonds is 5. The van der Waals surface area contributed by atoms with Gasteiger partial charge in [0.25, 0.3) is 0 Å². The van der Waals surface area contributed by atoms with E-state index in [2.05, 4.69) is 33.9 Å². The van der Waals surface area contributed by atoms with Crippen LogP contribution in [0.5, 0.6) is 0 Å². The lowest BCUT2D eigenvalue weighted by molar-refractivity contribution is -0.137. The molecule has 0 saturated carbocycles. The highest BCUT2D eigenvalue weighted by atomic mass is 28.4.